The van der Waals surface area contributed by atoms with E-state index in [2.05, 4.69) is 4.98 Å². The maximum absolute atomic E-state index is 12.9. The summed E-state index contributed by atoms with van der Waals surface area (Å²) < 4.78 is 0. The molecule has 1 aliphatic rings. The van der Waals surface area contributed by atoms with Gasteiger partial charge in [-0.25, -0.2) is 0 Å². The summed E-state index contributed by atoms with van der Waals surface area (Å²) in [7, 11) is 0. The molecule has 2 aromatic carbocycles. The Labute approximate surface area is 132 Å². The van der Waals surface area contributed by atoms with E-state index in [-0.39, 0.29) is 16.9 Å². The number of aromatic nitrogens is 1. The van der Waals surface area contributed by atoms with E-state index in [4.69, 9.17) is 0 Å². The van der Waals surface area contributed by atoms with Crippen LogP contribution in [0.25, 0.3) is 16.5 Å². The largest absolute Gasteiger partial charge is 0.504 e. The molecule has 112 valence electrons. The molecule has 3 aromatic rings. The highest BCUT2D eigenvalue weighted by molar-refractivity contribution is 6.41. The summed E-state index contributed by atoms with van der Waals surface area (Å²) in [5, 5.41) is 11.2. The fourth-order valence-electron chi connectivity index (χ4n) is 3.19. The number of carbonyl (C=O) groups excluding carboxylic acids is 2. The minimum Gasteiger partial charge on any atom is -0.504 e. The number of fused-ring (bicyclic) bond motifs is 2. The first kappa shape index (κ1) is 13.5. The van der Waals surface area contributed by atoms with Crippen LogP contribution in [-0.2, 0) is 0 Å². The second-order valence-corrected chi connectivity index (χ2v) is 5.60. The molecular formula is C19H13NO3. The zero-order valence-electron chi connectivity index (χ0n) is 12.4. The average molecular weight is 303 g/mol. The first-order valence-corrected chi connectivity index (χ1v) is 7.29. The Morgan fingerprint density at radius 2 is 1.48 bits per heavy atom. The summed E-state index contributed by atoms with van der Waals surface area (Å²) in [6, 6.07) is 14.1. The first-order valence-electron chi connectivity index (χ1n) is 7.29. The van der Waals surface area contributed by atoms with Gasteiger partial charge in [0, 0.05) is 33.3 Å². The van der Waals surface area contributed by atoms with Crippen molar-refractivity contribution in [3.05, 3.63) is 76.7 Å². The molecule has 0 saturated carbocycles. The number of hydrogen-bond donors (Lipinski definition) is 2. The molecule has 1 aromatic heterocycles. The van der Waals surface area contributed by atoms with Gasteiger partial charge in [0.05, 0.1) is 5.57 Å². The minimum absolute atomic E-state index is 0.0728. The lowest BCUT2D eigenvalue weighted by Crippen LogP contribution is -2.21. The second kappa shape index (κ2) is 4.68. The van der Waals surface area contributed by atoms with Crippen molar-refractivity contribution in [3.63, 3.8) is 0 Å². The molecule has 0 spiro atoms. The highest BCUT2D eigenvalue weighted by Crippen LogP contribution is 2.36. The number of para-hydroxylation sites is 1. The number of allylic oxidation sites excluding steroid dienone is 2. The van der Waals surface area contributed by atoms with E-state index in [1.807, 2.05) is 31.2 Å². The average Bonchev–Trinajstić information content (AvgIpc) is 2.89. The summed E-state index contributed by atoms with van der Waals surface area (Å²) in [5.74, 6) is -1.33. The van der Waals surface area contributed by atoms with Gasteiger partial charge in [0.25, 0.3) is 0 Å². The highest BCUT2D eigenvalue weighted by Gasteiger charge is 2.34. The van der Waals surface area contributed by atoms with Crippen LogP contribution in [0.2, 0.25) is 0 Å². The zero-order valence-corrected chi connectivity index (χ0v) is 12.4. The van der Waals surface area contributed by atoms with Gasteiger partial charge in [-0.2, -0.15) is 0 Å². The molecule has 4 heteroatoms. The predicted octanol–water partition coefficient (Wildman–Crippen LogP) is 3.82. The van der Waals surface area contributed by atoms with Gasteiger partial charge in [0.1, 0.15) is 0 Å². The lowest BCUT2D eigenvalue weighted by atomic mass is 9.84. The van der Waals surface area contributed by atoms with Crippen molar-refractivity contribution in [1.29, 1.82) is 0 Å². The third-order valence-corrected chi connectivity index (χ3v) is 4.24. The van der Waals surface area contributed by atoms with Crippen LogP contribution in [0.3, 0.4) is 0 Å². The molecule has 0 unspecified atom stereocenters. The Morgan fingerprint density at radius 1 is 0.870 bits per heavy atom. The number of aliphatic hydroxyl groups excluding tert-OH is 1. The quantitative estimate of drug-likeness (QED) is 0.718. The molecule has 1 aliphatic carbocycles. The lowest BCUT2D eigenvalue weighted by Gasteiger charge is -2.17. The number of benzene rings is 2. The molecule has 0 atom stereocenters. The number of aliphatic hydroxyl groups is 1. The third kappa shape index (κ3) is 1.78. The number of rotatable bonds is 1. The van der Waals surface area contributed by atoms with Crippen molar-refractivity contribution in [1.82, 2.24) is 4.98 Å². The van der Waals surface area contributed by atoms with Crippen LogP contribution in [0.1, 0.15) is 32.0 Å². The second-order valence-electron chi connectivity index (χ2n) is 5.60. The van der Waals surface area contributed by atoms with Gasteiger partial charge >= 0.3 is 0 Å². The molecular weight excluding hydrogens is 290 g/mol. The molecule has 0 radical (unpaired) electrons. The van der Waals surface area contributed by atoms with Gasteiger partial charge in [0.15, 0.2) is 11.5 Å². The van der Waals surface area contributed by atoms with E-state index in [0.717, 1.165) is 16.6 Å². The van der Waals surface area contributed by atoms with E-state index in [0.29, 0.717) is 11.1 Å². The van der Waals surface area contributed by atoms with Crippen LogP contribution in [0, 0.1) is 6.92 Å². The van der Waals surface area contributed by atoms with Crippen molar-refractivity contribution in [2.75, 3.05) is 0 Å². The van der Waals surface area contributed by atoms with Crippen LogP contribution < -0.4 is 0 Å². The number of Topliss-reactive ketones (excluding diaryl/α,β-unsaturated/α-hetero) is 2. The van der Waals surface area contributed by atoms with Crippen LogP contribution in [0.15, 0.2) is 54.3 Å². The Bertz CT molecular complexity index is 1020. The molecule has 2 N–H and O–H groups in total. The van der Waals surface area contributed by atoms with Gasteiger partial charge in [-0.05, 0) is 13.0 Å². The lowest BCUT2D eigenvalue weighted by molar-refractivity contribution is 0.0947. The Morgan fingerprint density at radius 3 is 2.22 bits per heavy atom. The van der Waals surface area contributed by atoms with Gasteiger partial charge in [-0.15, -0.1) is 0 Å². The number of ketones is 2. The third-order valence-electron chi connectivity index (χ3n) is 4.24. The fraction of sp³-hybridized carbons (Fsp3) is 0.0526. The zero-order chi connectivity index (χ0) is 16.1. The number of carbonyl (C=O) groups is 2. The molecule has 4 rings (SSSR count). The van der Waals surface area contributed by atoms with Gasteiger partial charge < -0.3 is 10.1 Å². The molecule has 4 nitrogen and oxygen atoms in total. The SMILES string of the molecule is Cc1[nH]c2ccccc2c1C1=C(O)C(=O)c2ccccc2C1=O. The number of aryl methyl sites for hydroxylation is 1. The Balaban J connectivity index is 2.05. The topological polar surface area (TPSA) is 70.2 Å². The minimum atomic E-state index is -0.514. The summed E-state index contributed by atoms with van der Waals surface area (Å²) in [6.07, 6.45) is 0. The van der Waals surface area contributed by atoms with Crippen molar-refractivity contribution in [2.45, 2.75) is 6.92 Å². The number of nitrogens with one attached hydrogen (secondary N) is 1. The Kier molecular flexibility index (Phi) is 2.75. The van der Waals surface area contributed by atoms with Crippen molar-refractivity contribution in [2.24, 2.45) is 0 Å². The maximum Gasteiger partial charge on any atom is 0.228 e. The number of aromatic amines is 1. The summed E-state index contributed by atoms with van der Waals surface area (Å²) in [6.45, 7) is 1.83. The van der Waals surface area contributed by atoms with Crippen molar-refractivity contribution in [3.8, 4) is 0 Å². The van der Waals surface area contributed by atoms with Crippen molar-refractivity contribution < 1.29 is 14.7 Å². The summed E-state index contributed by atoms with van der Waals surface area (Å²) in [5.41, 5.74) is 2.84. The van der Waals surface area contributed by atoms with E-state index >= 15 is 0 Å². The van der Waals surface area contributed by atoms with Gasteiger partial charge in [-0.1, -0.05) is 42.5 Å². The molecule has 1 heterocycles. The van der Waals surface area contributed by atoms with E-state index in [9.17, 15) is 14.7 Å². The molecule has 0 fully saturated rings. The van der Waals surface area contributed by atoms with Crippen LogP contribution >= 0.6 is 0 Å². The highest BCUT2D eigenvalue weighted by atomic mass is 16.3. The van der Waals surface area contributed by atoms with Crippen LogP contribution in [-0.4, -0.2) is 21.7 Å². The summed E-state index contributed by atoms with van der Waals surface area (Å²) in [4.78, 5) is 28.5. The molecule has 0 saturated heterocycles. The van der Waals surface area contributed by atoms with E-state index in [1.165, 1.54) is 0 Å². The normalized spacial score (nSPS) is 14.5. The standard InChI is InChI=1S/C19H13NO3/c1-10-15(13-8-4-5-9-14(13)20-10)16-17(21)11-6-2-3-7-12(11)18(22)19(16)23/h2-9,20,23H,1H3. The molecule has 23 heavy (non-hydrogen) atoms. The number of H-pyrrole nitrogens is 1. The molecule has 0 bridgehead atoms. The van der Waals surface area contributed by atoms with E-state index in [1.54, 1.807) is 24.3 Å². The molecule has 0 aliphatic heterocycles. The first-order chi connectivity index (χ1) is 11.1. The maximum atomic E-state index is 12.9. The van der Waals surface area contributed by atoms with Gasteiger partial charge in [0.2, 0.25) is 5.78 Å². The smallest absolute Gasteiger partial charge is 0.228 e. The summed E-state index contributed by atoms with van der Waals surface area (Å²) >= 11 is 0. The van der Waals surface area contributed by atoms with Crippen LogP contribution in [0.4, 0.5) is 0 Å². The monoisotopic (exact) mass is 303 g/mol. The van der Waals surface area contributed by atoms with Crippen LogP contribution in [0.5, 0.6) is 0 Å². The molecule has 0 amide bonds. The van der Waals surface area contributed by atoms with E-state index < -0.39 is 11.5 Å². The fourth-order valence-corrected chi connectivity index (χ4v) is 3.19. The predicted molar refractivity (Wildman–Crippen MR) is 87.7 cm³/mol. The Hall–Kier alpha value is -3.14. The van der Waals surface area contributed by atoms with Gasteiger partial charge in [-0.3, -0.25) is 9.59 Å². The van der Waals surface area contributed by atoms with Crippen molar-refractivity contribution >= 4 is 28.0 Å². The number of hydrogen-bond acceptors (Lipinski definition) is 3.